The van der Waals surface area contributed by atoms with Gasteiger partial charge in [0.05, 0.1) is 4.90 Å². The second kappa shape index (κ2) is 8.50. The monoisotopic (exact) mass is 381 g/mol. The fourth-order valence-corrected chi connectivity index (χ4v) is 4.45. The number of rotatable bonds is 6. The molecule has 0 spiro atoms. The Hall–Kier alpha value is -1.44. The summed E-state index contributed by atoms with van der Waals surface area (Å²) >= 11 is 0. The van der Waals surface area contributed by atoms with E-state index in [9.17, 15) is 13.2 Å². The van der Waals surface area contributed by atoms with Crippen LogP contribution in [0, 0.1) is 0 Å². The zero-order valence-electron chi connectivity index (χ0n) is 16.3. The lowest BCUT2D eigenvalue weighted by Gasteiger charge is -2.34. The van der Waals surface area contributed by atoms with E-state index >= 15 is 0 Å². The molecule has 1 amide bonds. The van der Waals surface area contributed by atoms with Gasteiger partial charge in [0.2, 0.25) is 15.9 Å². The number of benzene rings is 1. The van der Waals surface area contributed by atoms with Gasteiger partial charge < -0.3 is 10.2 Å². The van der Waals surface area contributed by atoms with Crippen LogP contribution in [0.15, 0.2) is 29.2 Å². The summed E-state index contributed by atoms with van der Waals surface area (Å²) in [5.74, 6) is 0.104. The quantitative estimate of drug-likeness (QED) is 0.763. The van der Waals surface area contributed by atoms with E-state index in [1.54, 1.807) is 17.0 Å². The van der Waals surface area contributed by atoms with Crippen LogP contribution in [0.3, 0.4) is 0 Å². The summed E-state index contributed by atoms with van der Waals surface area (Å²) in [7, 11) is -1.65. The molecule has 0 aliphatic carbocycles. The van der Waals surface area contributed by atoms with Crippen molar-refractivity contribution in [1.82, 2.24) is 14.5 Å². The highest BCUT2D eigenvalue weighted by molar-refractivity contribution is 7.89. The van der Waals surface area contributed by atoms with Crippen LogP contribution in [0.4, 0.5) is 0 Å². The second-order valence-corrected chi connectivity index (χ2v) is 9.70. The molecule has 1 fully saturated rings. The molecule has 0 radical (unpaired) electrons. The van der Waals surface area contributed by atoms with Crippen molar-refractivity contribution in [2.75, 3.05) is 39.8 Å². The molecule has 146 valence electrons. The first-order valence-electron chi connectivity index (χ1n) is 9.19. The van der Waals surface area contributed by atoms with E-state index in [0.717, 1.165) is 18.5 Å². The van der Waals surface area contributed by atoms with Crippen LogP contribution in [-0.4, -0.2) is 63.3 Å². The van der Waals surface area contributed by atoms with Crippen LogP contribution in [0.25, 0.3) is 0 Å². The topological polar surface area (TPSA) is 69.7 Å². The highest BCUT2D eigenvalue weighted by atomic mass is 32.2. The molecule has 0 saturated carbocycles. The maximum absolute atomic E-state index is 12.8. The molecule has 6 nitrogen and oxygen atoms in total. The first-order valence-corrected chi connectivity index (χ1v) is 10.6. The summed E-state index contributed by atoms with van der Waals surface area (Å²) < 4.78 is 27.2. The number of sulfonamides is 1. The number of piperazine rings is 1. The maximum Gasteiger partial charge on any atom is 0.243 e. The second-order valence-electron chi connectivity index (χ2n) is 7.77. The molecule has 1 saturated heterocycles. The number of nitrogens with zero attached hydrogens (tertiary/aromatic N) is 2. The standard InChI is InChI=1S/C19H31N3O3S/c1-19(2,3)16-7-9-17(10-8-16)26(24,25)22-14-12-21(13-15-22)18(23)6-5-11-20-4/h7-10,20H,5-6,11-15H2,1-4H3. The Morgan fingerprint density at radius 3 is 2.15 bits per heavy atom. The van der Waals surface area contributed by atoms with Crippen molar-refractivity contribution >= 4 is 15.9 Å². The van der Waals surface area contributed by atoms with Crippen molar-refractivity contribution in [3.8, 4) is 0 Å². The van der Waals surface area contributed by atoms with Crippen LogP contribution < -0.4 is 5.32 Å². The fraction of sp³-hybridized carbons (Fsp3) is 0.632. The molecule has 1 aliphatic rings. The molecular formula is C19H31N3O3S. The number of carbonyl (C=O) groups is 1. The summed E-state index contributed by atoms with van der Waals surface area (Å²) in [5.41, 5.74) is 1.09. The van der Waals surface area contributed by atoms with Gasteiger partial charge >= 0.3 is 0 Å². The van der Waals surface area contributed by atoms with E-state index in [-0.39, 0.29) is 11.3 Å². The summed E-state index contributed by atoms with van der Waals surface area (Å²) in [6.07, 6.45) is 1.30. The molecule has 0 aromatic heterocycles. The Morgan fingerprint density at radius 2 is 1.65 bits per heavy atom. The minimum absolute atomic E-state index is 0.0123. The lowest BCUT2D eigenvalue weighted by molar-refractivity contribution is -0.132. The predicted molar refractivity (Wildman–Crippen MR) is 104 cm³/mol. The summed E-state index contributed by atoms with van der Waals surface area (Å²) in [6, 6.07) is 7.14. The van der Waals surface area contributed by atoms with Gasteiger partial charge in [-0.1, -0.05) is 32.9 Å². The van der Waals surface area contributed by atoms with Crippen molar-refractivity contribution in [1.29, 1.82) is 0 Å². The molecule has 0 unspecified atom stereocenters. The Morgan fingerprint density at radius 1 is 1.08 bits per heavy atom. The van der Waals surface area contributed by atoms with E-state index in [2.05, 4.69) is 26.1 Å². The highest BCUT2D eigenvalue weighted by Crippen LogP contribution is 2.25. The third-order valence-electron chi connectivity index (χ3n) is 4.77. The van der Waals surface area contributed by atoms with Crippen molar-refractivity contribution in [2.24, 2.45) is 0 Å². The molecule has 1 aromatic carbocycles. The minimum Gasteiger partial charge on any atom is -0.340 e. The third kappa shape index (κ3) is 5.05. The number of hydrogen-bond donors (Lipinski definition) is 1. The van der Waals surface area contributed by atoms with Gasteiger partial charge in [0.1, 0.15) is 0 Å². The van der Waals surface area contributed by atoms with Gasteiger partial charge in [-0.2, -0.15) is 4.31 Å². The van der Waals surface area contributed by atoms with Crippen LogP contribution in [0.1, 0.15) is 39.2 Å². The number of nitrogens with one attached hydrogen (secondary N) is 1. The Kier molecular flexibility index (Phi) is 6.82. The van der Waals surface area contributed by atoms with Gasteiger partial charge in [-0.15, -0.1) is 0 Å². The lowest BCUT2D eigenvalue weighted by Crippen LogP contribution is -2.50. The average molecular weight is 382 g/mol. The van der Waals surface area contributed by atoms with Crippen molar-refractivity contribution in [3.05, 3.63) is 29.8 Å². The molecule has 7 heteroatoms. The van der Waals surface area contributed by atoms with Crippen molar-refractivity contribution in [2.45, 2.75) is 43.9 Å². The summed E-state index contributed by atoms with van der Waals surface area (Å²) in [4.78, 5) is 14.2. The Balaban J connectivity index is 1.98. The van der Waals surface area contributed by atoms with Gasteiger partial charge in [0.15, 0.2) is 0 Å². The average Bonchev–Trinajstić information content (AvgIpc) is 2.61. The first kappa shape index (κ1) is 20.9. The zero-order chi connectivity index (χ0) is 19.4. The largest absolute Gasteiger partial charge is 0.340 e. The van der Waals surface area contributed by atoms with Crippen molar-refractivity contribution < 1.29 is 13.2 Å². The smallest absolute Gasteiger partial charge is 0.243 e. The molecule has 2 rings (SSSR count). The molecule has 0 atom stereocenters. The molecule has 1 aromatic rings. The van der Waals surface area contributed by atoms with Crippen LogP contribution in [0.5, 0.6) is 0 Å². The maximum atomic E-state index is 12.8. The fourth-order valence-electron chi connectivity index (χ4n) is 3.03. The van der Waals surface area contributed by atoms with E-state index in [1.165, 1.54) is 4.31 Å². The highest BCUT2D eigenvalue weighted by Gasteiger charge is 2.30. The lowest BCUT2D eigenvalue weighted by atomic mass is 9.87. The Labute approximate surface area is 157 Å². The number of amides is 1. The number of hydrogen-bond acceptors (Lipinski definition) is 4. The van der Waals surface area contributed by atoms with Crippen molar-refractivity contribution in [3.63, 3.8) is 0 Å². The van der Waals surface area contributed by atoms with Gasteiger partial charge in [-0.3, -0.25) is 4.79 Å². The zero-order valence-corrected chi connectivity index (χ0v) is 17.1. The molecule has 0 bridgehead atoms. The van der Waals surface area contributed by atoms with E-state index in [4.69, 9.17) is 0 Å². The van der Waals surface area contributed by atoms with Gasteiger partial charge in [-0.25, -0.2) is 8.42 Å². The van der Waals surface area contributed by atoms with E-state index < -0.39 is 10.0 Å². The SMILES string of the molecule is CNCCCC(=O)N1CCN(S(=O)(=O)c2ccc(C(C)(C)C)cc2)CC1. The summed E-state index contributed by atoms with van der Waals surface area (Å²) in [5, 5.41) is 3.03. The van der Waals surface area contributed by atoms with E-state index in [1.807, 2.05) is 19.2 Å². The molecule has 1 heterocycles. The summed E-state index contributed by atoms with van der Waals surface area (Å²) in [6.45, 7) is 8.72. The van der Waals surface area contributed by atoms with Crippen LogP contribution in [0.2, 0.25) is 0 Å². The van der Waals surface area contributed by atoms with Crippen LogP contribution >= 0.6 is 0 Å². The first-order chi connectivity index (χ1) is 12.2. The van der Waals surface area contributed by atoms with Gasteiger partial charge in [0.25, 0.3) is 0 Å². The van der Waals surface area contributed by atoms with Gasteiger partial charge in [-0.05, 0) is 43.1 Å². The normalized spacial score (nSPS) is 16.7. The molecular weight excluding hydrogens is 350 g/mol. The predicted octanol–water partition coefficient (Wildman–Crippen LogP) is 1.82. The third-order valence-corrected chi connectivity index (χ3v) is 6.68. The molecule has 1 N–H and O–H groups in total. The van der Waals surface area contributed by atoms with Gasteiger partial charge in [0, 0.05) is 32.6 Å². The number of carbonyl (C=O) groups excluding carboxylic acids is 1. The Bertz CT molecular complexity index is 701. The molecule has 1 aliphatic heterocycles. The van der Waals surface area contributed by atoms with Crippen LogP contribution in [-0.2, 0) is 20.2 Å². The minimum atomic E-state index is -3.51. The molecule has 26 heavy (non-hydrogen) atoms. The van der Waals surface area contributed by atoms with E-state index in [0.29, 0.717) is 37.5 Å².